The van der Waals surface area contributed by atoms with E-state index in [0.29, 0.717) is 6.61 Å². The number of nitrogen functional groups attached to an aromatic ring is 1. The van der Waals surface area contributed by atoms with Crippen LogP contribution in [-0.4, -0.2) is 25.7 Å². The first-order valence-corrected chi connectivity index (χ1v) is 5.93. The molecule has 5 heteroatoms. The van der Waals surface area contributed by atoms with Crippen LogP contribution in [0.15, 0.2) is 18.2 Å². The van der Waals surface area contributed by atoms with Gasteiger partial charge in [-0.2, -0.15) is 0 Å². The van der Waals surface area contributed by atoms with E-state index in [0.717, 1.165) is 18.9 Å². The molecular formula is C13H19FN2O2. The van der Waals surface area contributed by atoms with Crippen molar-refractivity contribution in [2.45, 2.75) is 25.8 Å². The van der Waals surface area contributed by atoms with Crippen LogP contribution in [0.5, 0.6) is 0 Å². The van der Waals surface area contributed by atoms with Crippen LogP contribution in [-0.2, 0) is 4.74 Å². The Balaban J connectivity index is 2.73. The number of nitrogens with one attached hydrogen (secondary N) is 1. The molecule has 0 aliphatic carbocycles. The zero-order valence-electron chi connectivity index (χ0n) is 10.7. The molecule has 3 N–H and O–H groups in total. The predicted octanol–water partition coefficient (Wildman–Crippen LogP) is 1.95. The Labute approximate surface area is 106 Å². The maximum absolute atomic E-state index is 12.9. The van der Waals surface area contributed by atoms with E-state index in [4.69, 9.17) is 10.5 Å². The lowest BCUT2D eigenvalue weighted by molar-refractivity contribution is 0.0892. The number of anilines is 1. The van der Waals surface area contributed by atoms with Crippen LogP contribution in [0.1, 0.15) is 30.1 Å². The molecule has 1 rings (SSSR count). The van der Waals surface area contributed by atoms with E-state index < -0.39 is 5.82 Å². The molecular weight excluding hydrogens is 235 g/mol. The lowest BCUT2D eigenvalue weighted by Gasteiger charge is -2.17. The number of ether oxygens (including phenoxy) is 1. The number of hydrogen-bond acceptors (Lipinski definition) is 3. The van der Waals surface area contributed by atoms with Crippen molar-refractivity contribution in [2.75, 3.05) is 19.5 Å². The lowest BCUT2D eigenvalue weighted by Crippen LogP contribution is -2.38. The summed E-state index contributed by atoms with van der Waals surface area (Å²) in [6.45, 7) is 2.47. The summed E-state index contributed by atoms with van der Waals surface area (Å²) in [7, 11) is 1.58. The quantitative estimate of drug-likeness (QED) is 0.763. The number of rotatable bonds is 6. The fraction of sp³-hybridized carbons (Fsp3) is 0.462. The lowest BCUT2D eigenvalue weighted by atomic mass is 10.1. The Morgan fingerprint density at radius 1 is 1.56 bits per heavy atom. The minimum Gasteiger partial charge on any atom is -0.398 e. The van der Waals surface area contributed by atoms with Crippen LogP contribution >= 0.6 is 0 Å². The highest BCUT2D eigenvalue weighted by molar-refractivity contribution is 5.99. The van der Waals surface area contributed by atoms with Crippen LogP contribution in [0.4, 0.5) is 10.1 Å². The van der Waals surface area contributed by atoms with Gasteiger partial charge in [-0.1, -0.05) is 13.3 Å². The number of halogens is 1. The summed E-state index contributed by atoms with van der Waals surface area (Å²) in [5.41, 5.74) is 6.04. The molecule has 0 spiro atoms. The molecule has 0 aliphatic heterocycles. The van der Waals surface area contributed by atoms with Crippen LogP contribution in [0.2, 0.25) is 0 Å². The summed E-state index contributed by atoms with van der Waals surface area (Å²) < 4.78 is 17.9. The van der Waals surface area contributed by atoms with Gasteiger partial charge in [0.15, 0.2) is 0 Å². The summed E-state index contributed by atoms with van der Waals surface area (Å²) >= 11 is 0. The van der Waals surface area contributed by atoms with E-state index in [1.807, 2.05) is 6.92 Å². The van der Waals surface area contributed by atoms with Crippen LogP contribution in [0.3, 0.4) is 0 Å². The normalized spacial score (nSPS) is 12.2. The second-order valence-electron chi connectivity index (χ2n) is 4.15. The fourth-order valence-electron chi connectivity index (χ4n) is 1.75. The number of nitrogens with two attached hydrogens (primary N) is 1. The highest BCUT2D eigenvalue weighted by Gasteiger charge is 2.15. The molecule has 0 bridgehead atoms. The fourth-order valence-corrected chi connectivity index (χ4v) is 1.75. The smallest absolute Gasteiger partial charge is 0.253 e. The number of methoxy groups -OCH3 is 1. The highest BCUT2D eigenvalue weighted by atomic mass is 19.1. The van der Waals surface area contributed by atoms with E-state index in [1.165, 1.54) is 12.1 Å². The molecule has 0 fully saturated rings. The highest BCUT2D eigenvalue weighted by Crippen LogP contribution is 2.13. The van der Waals surface area contributed by atoms with Crippen molar-refractivity contribution >= 4 is 11.6 Å². The number of carbonyl (C=O) groups excluding carboxylic acids is 1. The van der Waals surface area contributed by atoms with Crippen molar-refractivity contribution in [3.05, 3.63) is 29.6 Å². The largest absolute Gasteiger partial charge is 0.398 e. The van der Waals surface area contributed by atoms with Gasteiger partial charge >= 0.3 is 0 Å². The molecule has 1 aromatic carbocycles. The van der Waals surface area contributed by atoms with Gasteiger partial charge in [-0.15, -0.1) is 0 Å². The first kappa shape index (κ1) is 14.4. The Morgan fingerprint density at radius 2 is 2.28 bits per heavy atom. The molecule has 1 aromatic rings. The van der Waals surface area contributed by atoms with Gasteiger partial charge in [0.25, 0.3) is 5.91 Å². The zero-order chi connectivity index (χ0) is 13.5. The van der Waals surface area contributed by atoms with Gasteiger partial charge < -0.3 is 15.8 Å². The van der Waals surface area contributed by atoms with Gasteiger partial charge in [-0.05, 0) is 24.6 Å². The summed E-state index contributed by atoms with van der Waals surface area (Å²) in [4.78, 5) is 12.0. The Bertz CT molecular complexity index is 404. The third-order valence-electron chi connectivity index (χ3n) is 2.60. The van der Waals surface area contributed by atoms with Crippen molar-refractivity contribution in [1.29, 1.82) is 0 Å². The molecule has 18 heavy (non-hydrogen) atoms. The third-order valence-corrected chi connectivity index (χ3v) is 2.60. The summed E-state index contributed by atoms with van der Waals surface area (Å²) in [6, 6.07) is 3.68. The van der Waals surface area contributed by atoms with E-state index in [2.05, 4.69) is 5.32 Å². The van der Waals surface area contributed by atoms with Crippen molar-refractivity contribution in [1.82, 2.24) is 5.32 Å². The molecule has 0 radical (unpaired) electrons. The molecule has 100 valence electrons. The minimum absolute atomic E-state index is 0.0584. The monoisotopic (exact) mass is 254 g/mol. The molecule has 4 nitrogen and oxygen atoms in total. The number of hydrogen-bond donors (Lipinski definition) is 2. The standard InChI is InChI=1S/C13H19FN2O2/c1-3-4-10(8-18-2)16-13(17)11-6-5-9(14)7-12(11)15/h5-7,10H,3-4,8,15H2,1-2H3,(H,16,17). The van der Waals surface area contributed by atoms with E-state index >= 15 is 0 Å². The average Bonchev–Trinajstić information content (AvgIpc) is 2.29. The van der Waals surface area contributed by atoms with Crippen molar-refractivity contribution < 1.29 is 13.9 Å². The summed E-state index contributed by atoms with van der Waals surface area (Å²) in [5.74, 6) is -0.756. The average molecular weight is 254 g/mol. The molecule has 0 saturated heterocycles. The van der Waals surface area contributed by atoms with Gasteiger partial charge in [0.1, 0.15) is 5.82 Å². The Kier molecular flexibility index (Phi) is 5.58. The molecule has 0 heterocycles. The van der Waals surface area contributed by atoms with Crippen LogP contribution < -0.4 is 11.1 Å². The van der Waals surface area contributed by atoms with Crippen LogP contribution in [0, 0.1) is 5.82 Å². The summed E-state index contributed by atoms with van der Waals surface area (Å²) in [5, 5.41) is 2.83. The zero-order valence-corrected chi connectivity index (χ0v) is 10.7. The number of carbonyl (C=O) groups is 1. The maximum atomic E-state index is 12.9. The van der Waals surface area contributed by atoms with E-state index in [1.54, 1.807) is 7.11 Å². The molecule has 0 aliphatic rings. The first-order chi connectivity index (χ1) is 8.58. The Morgan fingerprint density at radius 3 is 2.83 bits per heavy atom. The van der Waals surface area contributed by atoms with Gasteiger partial charge in [0.2, 0.25) is 0 Å². The topological polar surface area (TPSA) is 64.3 Å². The van der Waals surface area contributed by atoms with Crippen molar-refractivity contribution in [2.24, 2.45) is 0 Å². The molecule has 0 saturated carbocycles. The molecule has 1 atom stereocenters. The maximum Gasteiger partial charge on any atom is 0.253 e. The van der Waals surface area contributed by atoms with Gasteiger partial charge in [-0.3, -0.25) is 4.79 Å². The Hall–Kier alpha value is -1.62. The molecule has 1 amide bonds. The second kappa shape index (κ2) is 6.96. The van der Waals surface area contributed by atoms with Gasteiger partial charge in [-0.25, -0.2) is 4.39 Å². The van der Waals surface area contributed by atoms with Crippen molar-refractivity contribution in [3.63, 3.8) is 0 Å². The second-order valence-corrected chi connectivity index (χ2v) is 4.15. The number of benzene rings is 1. The van der Waals surface area contributed by atoms with Crippen LogP contribution in [0.25, 0.3) is 0 Å². The number of amides is 1. The molecule has 1 unspecified atom stereocenters. The van der Waals surface area contributed by atoms with Crippen molar-refractivity contribution in [3.8, 4) is 0 Å². The first-order valence-electron chi connectivity index (χ1n) is 5.93. The van der Waals surface area contributed by atoms with Gasteiger partial charge in [0.05, 0.1) is 18.2 Å². The predicted molar refractivity (Wildman–Crippen MR) is 68.9 cm³/mol. The molecule has 0 aromatic heterocycles. The SMILES string of the molecule is CCCC(COC)NC(=O)c1ccc(F)cc1N. The minimum atomic E-state index is -0.453. The third kappa shape index (κ3) is 4.00. The van der Waals surface area contributed by atoms with E-state index in [9.17, 15) is 9.18 Å². The summed E-state index contributed by atoms with van der Waals surface area (Å²) in [6.07, 6.45) is 1.76. The van der Waals surface area contributed by atoms with E-state index in [-0.39, 0.29) is 23.2 Å². The van der Waals surface area contributed by atoms with Gasteiger partial charge in [0, 0.05) is 12.8 Å².